The van der Waals surface area contributed by atoms with E-state index in [1.807, 2.05) is 11.8 Å². The van der Waals surface area contributed by atoms with E-state index in [4.69, 9.17) is 14.5 Å². The van der Waals surface area contributed by atoms with Gasteiger partial charge in [0.1, 0.15) is 17.2 Å². The number of fused-ring (bicyclic) bond motifs is 1. The second-order valence-corrected chi connectivity index (χ2v) is 12.3. The highest BCUT2D eigenvalue weighted by Crippen LogP contribution is 2.43. The van der Waals surface area contributed by atoms with Gasteiger partial charge in [-0.15, -0.1) is 0 Å². The first-order valence-corrected chi connectivity index (χ1v) is 14.7. The molecule has 0 radical (unpaired) electrons. The predicted octanol–water partition coefficient (Wildman–Crippen LogP) is 5.11. The van der Waals surface area contributed by atoms with Crippen molar-refractivity contribution in [1.82, 2.24) is 39.2 Å². The largest absolute Gasteiger partial charge is 0.444 e. The van der Waals surface area contributed by atoms with Crippen molar-refractivity contribution >= 4 is 17.6 Å². The van der Waals surface area contributed by atoms with Crippen molar-refractivity contribution in [2.45, 2.75) is 71.3 Å². The molecule has 236 valence electrons. The molecule has 4 aromatic rings. The lowest BCUT2D eigenvalue weighted by Crippen LogP contribution is -2.44. The normalized spacial score (nSPS) is 18.8. The summed E-state index contributed by atoms with van der Waals surface area (Å²) in [7, 11) is 0. The average Bonchev–Trinajstić information content (AvgIpc) is 3.70. The summed E-state index contributed by atoms with van der Waals surface area (Å²) in [6, 6.07) is 1.05. The molecular weight excluding hydrogens is 579 g/mol. The Morgan fingerprint density at radius 2 is 1.91 bits per heavy atom. The quantitative estimate of drug-likeness (QED) is 0.337. The molecular formula is C29H36F3N9O3. The first kappa shape index (κ1) is 29.9. The first-order valence-electron chi connectivity index (χ1n) is 14.7. The third kappa shape index (κ3) is 5.60. The summed E-state index contributed by atoms with van der Waals surface area (Å²) in [5.74, 6) is 1.02. The summed E-state index contributed by atoms with van der Waals surface area (Å²) in [5, 5.41) is 8.96. The number of likely N-dealkylation sites (tertiary alicyclic amines) is 1. The topological polar surface area (TPSA) is 119 Å². The van der Waals surface area contributed by atoms with Crippen molar-refractivity contribution < 1.29 is 27.4 Å². The number of anilines is 1. The summed E-state index contributed by atoms with van der Waals surface area (Å²) >= 11 is 0. The van der Waals surface area contributed by atoms with Crippen molar-refractivity contribution in [3.05, 3.63) is 36.0 Å². The fraction of sp³-hybridized carbons (Fsp3) is 0.552. The van der Waals surface area contributed by atoms with Crippen molar-refractivity contribution in [2.75, 3.05) is 37.7 Å². The van der Waals surface area contributed by atoms with E-state index in [1.165, 1.54) is 9.42 Å². The van der Waals surface area contributed by atoms with Crippen LogP contribution in [0.4, 0.5) is 23.8 Å². The van der Waals surface area contributed by atoms with Gasteiger partial charge in [-0.1, -0.05) is 0 Å². The standard InChI is InChI=1S/C29H36F3N9O3/c1-17-16-43-13-12-39(17)22-14-21(41-26(36-22)20(15-35-41)25-33-8-9-34-25)23-18(2)37-40(24(23)29(30,31)32)19-6-10-38(11-7-19)27(42)44-28(3,4)5/h8-9,14-15,17,19H,6-7,10-13,16H2,1-5H3,(H,33,34)/t17-/m1/s1. The van der Waals surface area contributed by atoms with Crippen molar-refractivity contribution in [1.29, 1.82) is 0 Å². The number of morpholine rings is 1. The molecule has 1 atom stereocenters. The lowest BCUT2D eigenvalue weighted by atomic mass is 10.0. The lowest BCUT2D eigenvalue weighted by molar-refractivity contribution is -0.144. The highest BCUT2D eigenvalue weighted by Gasteiger charge is 2.43. The zero-order chi connectivity index (χ0) is 31.4. The molecule has 15 heteroatoms. The number of carbonyl (C=O) groups is 1. The maximum absolute atomic E-state index is 15.1. The molecule has 1 amide bonds. The predicted molar refractivity (Wildman–Crippen MR) is 155 cm³/mol. The van der Waals surface area contributed by atoms with Crippen molar-refractivity contribution in [3.63, 3.8) is 0 Å². The Morgan fingerprint density at radius 1 is 1.16 bits per heavy atom. The smallest absolute Gasteiger partial charge is 0.433 e. The number of piperidine rings is 1. The Hall–Kier alpha value is -4.14. The van der Waals surface area contributed by atoms with Gasteiger partial charge in [0.25, 0.3) is 0 Å². The van der Waals surface area contributed by atoms with E-state index in [1.54, 1.807) is 52.4 Å². The van der Waals surface area contributed by atoms with E-state index in [-0.39, 0.29) is 36.1 Å². The number of nitrogens with zero attached hydrogens (tertiary/aromatic N) is 8. The number of H-pyrrole nitrogens is 1. The number of imidazole rings is 1. The Kier molecular flexibility index (Phi) is 7.54. The zero-order valence-electron chi connectivity index (χ0n) is 25.4. The van der Waals surface area contributed by atoms with Crippen LogP contribution < -0.4 is 4.90 Å². The SMILES string of the molecule is Cc1nn(C2CCN(C(=O)OC(C)(C)C)CC2)c(C(F)(F)F)c1-c1cc(N2CCOC[C@H]2C)nc2c(-c3ncc[nH]3)cnn12. The van der Waals surface area contributed by atoms with Gasteiger partial charge in [0.15, 0.2) is 11.3 Å². The minimum atomic E-state index is -4.72. The van der Waals surface area contributed by atoms with Crippen LogP contribution in [0.15, 0.2) is 24.7 Å². The van der Waals surface area contributed by atoms with Crippen LogP contribution >= 0.6 is 0 Å². The minimum Gasteiger partial charge on any atom is -0.444 e. The van der Waals surface area contributed by atoms with Crippen molar-refractivity contribution in [2.24, 2.45) is 0 Å². The third-order valence-electron chi connectivity index (χ3n) is 7.95. The van der Waals surface area contributed by atoms with Gasteiger partial charge in [-0.25, -0.2) is 19.3 Å². The molecule has 2 saturated heterocycles. The fourth-order valence-electron chi connectivity index (χ4n) is 5.93. The number of ether oxygens (including phenoxy) is 2. The Balaban J connectivity index is 1.45. The molecule has 2 fully saturated rings. The number of hydrogen-bond donors (Lipinski definition) is 1. The maximum atomic E-state index is 15.1. The van der Waals surface area contributed by atoms with Gasteiger partial charge in [-0.3, -0.25) is 4.68 Å². The van der Waals surface area contributed by atoms with Crippen LogP contribution in [-0.2, 0) is 15.7 Å². The number of aryl methyl sites for hydroxylation is 1. The number of halogens is 3. The minimum absolute atomic E-state index is 0.0393. The van der Waals surface area contributed by atoms with E-state index in [0.717, 1.165) is 4.68 Å². The number of amides is 1. The van der Waals surface area contributed by atoms with Crippen LogP contribution in [0.1, 0.15) is 58.0 Å². The molecule has 44 heavy (non-hydrogen) atoms. The van der Waals surface area contributed by atoms with Gasteiger partial charge in [-0.05, 0) is 47.5 Å². The first-order chi connectivity index (χ1) is 20.8. The van der Waals surface area contributed by atoms with E-state index in [2.05, 4.69) is 20.2 Å². The number of carbonyl (C=O) groups excluding carboxylic acids is 1. The number of hydrogen-bond acceptors (Lipinski definition) is 8. The molecule has 0 spiro atoms. The molecule has 0 bridgehead atoms. The molecule has 0 aromatic carbocycles. The van der Waals surface area contributed by atoms with E-state index in [0.29, 0.717) is 55.5 Å². The number of aromatic nitrogens is 7. The average molecular weight is 616 g/mol. The van der Waals surface area contributed by atoms with Crippen molar-refractivity contribution in [3.8, 4) is 22.6 Å². The fourth-order valence-corrected chi connectivity index (χ4v) is 5.93. The number of nitrogens with one attached hydrogen (secondary N) is 1. The highest BCUT2D eigenvalue weighted by atomic mass is 19.4. The molecule has 4 aromatic heterocycles. The number of alkyl halides is 3. The van der Waals surface area contributed by atoms with E-state index in [9.17, 15) is 4.79 Å². The molecule has 2 aliphatic rings. The summed E-state index contributed by atoms with van der Waals surface area (Å²) in [6.07, 6.45) is 0.217. The summed E-state index contributed by atoms with van der Waals surface area (Å²) in [6.45, 7) is 10.9. The number of rotatable bonds is 4. The molecule has 6 heterocycles. The van der Waals surface area contributed by atoms with Gasteiger partial charge in [0.05, 0.1) is 54.0 Å². The van der Waals surface area contributed by atoms with Crippen LogP contribution in [0.2, 0.25) is 0 Å². The highest BCUT2D eigenvalue weighted by molar-refractivity contribution is 5.79. The Morgan fingerprint density at radius 3 is 2.55 bits per heavy atom. The molecule has 0 unspecified atom stereocenters. The summed E-state index contributed by atoms with van der Waals surface area (Å²) < 4.78 is 58.8. The summed E-state index contributed by atoms with van der Waals surface area (Å²) in [4.78, 5) is 28.4. The number of aromatic amines is 1. The second-order valence-electron chi connectivity index (χ2n) is 12.3. The Bertz CT molecular complexity index is 1650. The van der Waals surface area contributed by atoms with Gasteiger partial charge in [-0.2, -0.15) is 23.4 Å². The van der Waals surface area contributed by atoms with Crippen LogP contribution in [0.5, 0.6) is 0 Å². The molecule has 0 saturated carbocycles. The Labute approximate surface area is 252 Å². The monoisotopic (exact) mass is 615 g/mol. The molecule has 12 nitrogen and oxygen atoms in total. The third-order valence-corrected chi connectivity index (χ3v) is 7.95. The van der Waals surface area contributed by atoms with Gasteiger partial charge < -0.3 is 24.3 Å². The van der Waals surface area contributed by atoms with Crippen LogP contribution in [0, 0.1) is 6.92 Å². The van der Waals surface area contributed by atoms with Gasteiger partial charge in [0, 0.05) is 38.1 Å². The van der Waals surface area contributed by atoms with Crippen LogP contribution in [0.25, 0.3) is 28.3 Å². The van der Waals surface area contributed by atoms with Crippen LogP contribution in [-0.4, -0.2) is 89.8 Å². The van der Waals surface area contributed by atoms with Gasteiger partial charge >= 0.3 is 12.3 Å². The molecule has 0 aliphatic carbocycles. The zero-order valence-corrected chi connectivity index (χ0v) is 25.4. The second kappa shape index (κ2) is 11.1. The molecule has 2 aliphatic heterocycles. The molecule has 1 N–H and O–H groups in total. The van der Waals surface area contributed by atoms with E-state index >= 15 is 13.2 Å². The van der Waals surface area contributed by atoms with Crippen LogP contribution in [0.3, 0.4) is 0 Å². The molecule has 6 rings (SSSR count). The van der Waals surface area contributed by atoms with E-state index < -0.39 is 29.6 Å². The lowest BCUT2D eigenvalue weighted by Gasteiger charge is -2.34. The maximum Gasteiger partial charge on any atom is 0.433 e. The summed E-state index contributed by atoms with van der Waals surface area (Å²) in [5.41, 5.74) is -0.198. The van der Waals surface area contributed by atoms with Gasteiger partial charge in [0.2, 0.25) is 0 Å².